The molecule has 18 nitrogen and oxygen atoms in total. The van der Waals surface area contributed by atoms with Crippen molar-refractivity contribution < 1.29 is 95.9 Å². The third kappa shape index (κ3) is 22.1. The number of carbonyl (C=O) groups is 3. The van der Waals surface area contributed by atoms with Gasteiger partial charge < -0.3 is 40.4 Å². The number of rotatable bonds is 19. The summed E-state index contributed by atoms with van der Waals surface area (Å²) in [4.78, 5) is 35.5. The van der Waals surface area contributed by atoms with Crippen LogP contribution in [-0.4, -0.2) is 103 Å². The molecule has 65 heavy (non-hydrogen) atoms. The number of sulfonamides is 2. The molecule has 0 aliphatic rings. The molecule has 0 amide bonds. The molecule has 0 saturated heterocycles. The average Bonchev–Trinajstić information content (AvgIpc) is 3.18. The van der Waals surface area contributed by atoms with Crippen LogP contribution in [0.5, 0.6) is 23.0 Å². The zero-order chi connectivity index (χ0) is 48.2. The summed E-state index contributed by atoms with van der Waals surface area (Å²) < 4.78 is 71.5. The molecule has 0 unspecified atom stereocenters. The second-order valence-electron chi connectivity index (χ2n) is 13.6. The maximum atomic E-state index is 11.7. The number of hydrogen-bond donors (Lipinski definition) is 5. The zero-order valence-corrected chi connectivity index (χ0v) is 43.0. The molecule has 0 atom stereocenters. The molecule has 0 aliphatic carbocycles. The van der Waals surface area contributed by atoms with Crippen LogP contribution in [-0.2, 0) is 61.5 Å². The van der Waals surface area contributed by atoms with Gasteiger partial charge in [0, 0.05) is 67.9 Å². The van der Waals surface area contributed by atoms with Crippen LogP contribution in [0, 0.1) is 13.8 Å². The summed E-state index contributed by atoms with van der Waals surface area (Å²) in [7, 11) is -7.36. The van der Waals surface area contributed by atoms with Gasteiger partial charge >= 0.3 is 36.9 Å². The molecule has 24 heteroatoms. The van der Waals surface area contributed by atoms with E-state index in [0.717, 1.165) is 31.9 Å². The van der Waals surface area contributed by atoms with Gasteiger partial charge in [0.25, 0.3) is 17.9 Å². The van der Waals surface area contributed by atoms with Crippen LogP contribution < -0.4 is 54.6 Å². The maximum Gasteiger partial charge on any atom is 1.00 e. The van der Waals surface area contributed by atoms with Gasteiger partial charge in [0.15, 0.2) is 0 Å². The standard InChI is InChI=1S/C18H24N2O4S2.C17H22N2O4S2.C6H9BO6.Na.H/c1-13-10-15(4-7-18(13)25-3)24-17-6-5-16(26(19,22)23)11-14(17)12-20(2)8-9-21;1-12-9-14(3-6-17(12)24-2)23-16-5-4-15(25(18,21)22)10-13(16)11-19-7-8-20;1-4(8)11-7(12-5(2)9)13-6(3)10;;/h4-7,10-11,21H,8-9,12H2,1-3H3,(H2,19,22,23);3-6,9-10,19-20H,7-8,11H2,1-2H3,(H2,18,21,22);1-3H3;;/q;;;+1;-1. The number of aryl methyl sites for hydroxylation is 2. The quantitative estimate of drug-likeness (QED) is 0.0507. The first-order valence-corrected chi connectivity index (χ1v) is 24.6. The van der Waals surface area contributed by atoms with Gasteiger partial charge in [0.05, 0.1) is 23.0 Å². The number of thioether (sulfide) groups is 2. The topological polar surface area (TPSA) is 273 Å². The van der Waals surface area contributed by atoms with Crippen molar-refractivity contribution in [1.82, 2.24) is 10.2 Å². The Bertz CT molecular complexity index is 2400. The van der Waals surface area contributed by atoms with E-state index in [9.17, 15) is 31.2 Å². The smallest absolute Gasteiger partial charge is 1.00 e. The van der Waals surface area contributed by atoms with E-state index >= 15 is 0 Å². The van der Waals surface area contributed by atoms with Gasteiger partial charge in [-0.3, -0.25) is 19.3 Å². The Kier molecular flexibility index (Phi) is 26.6. The first kappa shape index (κ1) is 59.3. The number of nitrogens with one attached hydrogen (secondary N) is 1. The van der Waals surface area contributed by atoms with Gasteiger partial charge in [-0.05, 0) is 117 Å². The van der Waals surface area contributed by atoms with E-state index in [1.165, 1.54) is 34.1 Å². The largest absolute Gasteiger partial charge is 1.00 e. The Morgan fingerprint density at radius 2 is 1.11 bits per heavy atom. The van der Waals surface area contributed by atoms with Crippen molar-refractivity contribution in [2.24, 2.45) is 10.3 Å². The van der Waals surface area contributed by atoms with Crippen molar-refractivity contribution >= 4 is 68.8 Å². The minimum atomic E-state index is -3.80. The Hall–Kier alpha value is -3.69. The molecular weight excluding hydrogens is 935 g/mol. The van der Waals surface area contributed by atoms with Gasteiger partial charge in [0.2, 0.25) is 20.0 Å². The minimum absolute atomic E-state index is 0. The molecule has 352 valence electrons. The maximum absolute atomic E-state index is 11.7. The number of ether oxygens (including phenoxy) is 2. The predicted octanol–water partition coefficient (Wildman–Crippen LogP) is 1.60. The van der Waals surface area contributed by atoms with Crippen molar-refractivity contribution in [2.75, 3.05) is 45.9 Å². The number of primary sulfonamides is 2. The molecule has 0 spiro atoms. The summed E-state index contributed by atoms with van der Waals surface area (Å²) in [6.45, 7) is 8.92. The van der Waals surface area contributed by atoms with Crippen molar-refractivity contribution in [1.29, 1.82) is 0 Å². The fourth-order valence-electron chi connectivity index (χ4n) is 5.33. The van der Waals surface area contributed by atoms with Crippen molar-refractivity contribution in [3.05, 3.63) is 95.1 Å². The second kappa shape index (κ2) is 29.2. The number of nitrogens with two attached hydrogens (primary N) is 2. The average molecular weight is 991 g/mol. The number of carbonyl (C=O) groups excluding carboxylic acids is 3. The Labute approximate surface area is 413 Å². The van der Waals surface area contributed by atoms with E-state index in [0.29, 0.717) is 60.3 Å². The first-order chi connectivity index (χ1) is 30.0. The first-order valence-electron chi connectivity index (χ1n) is 19.1. The van der Waals surface area contributed by atoms with Gasteiger partial charge in [-0.25, -0.2) is 27.1 Å². The molecule has 0 fully saturated rings. The Morgan fingerprint density at radius 1 is 0.692 bits per heavy atom. The van der Waals surface area contributed by atoms with E-state index in [1.54, 1.807) is 35.7 Å². The molecule has 4 aromatic carbocycles. The number of hydrogen-bond acceptors (Lipinski definition) is 18. The van der Waals surface area contributed by atoms with Crippen molar-refractivity contribution in [3.8, 4) is 23.0 Å². The van der Waals surface area contributed by atoms with Crippen LogP contribution in [0.2, 0.25) is 0 Å². The van der Waals surface area contributed by atoms with Crippen LogP contribution in [0.4, 0.5) is 0 Å². The number of nitrogens with zero attached hydrogens (tertiary/aromatic N) is 1. The number of aliphatic hydroxyl groups is 2. The van der Waals surface area contributed by atoms with E-state index in [2.05, 4.69) is 19.3 Å². The number of benzene rings is 4. The van der Waals surface area contributed by atoms with E-state index in [4.69, 9.17) is 30.0 Å². The van der Waals surface area contributed by atoms with Crippen LogP contribution in [0.1, 0.15) is 44.5 Å². The summed E-state index contributed by atoms with van der Waals surface area (Å²) in [5.74, 6) is 0.289. The fourth-order valence-corrected chi connectivity index (χ4v) is 7.63. The molecule has 7 N–H and O–H groups in total. The molecule has 0 radical (unpaired) electrons. The summed E-state index contributed by atoms with van der Waals surface area (Å²) in [5.41, 5.74) is 3.53. The van der Waals surface area contributed by atoms with Crippen LogP contribution in [0.25, 0.3) is 0 Å². The van der Waals surface area contributed by atoms with E-state index in [-0.39, 0.29) is 54.0 Å². The van der Waals surface area contributed by atoms with Gasteiger partial charge in [-0.2, -0.15) is 0 Å². The normalized spacial score (nSPS) is 10.8. The van der Waals surface area contributed by atoms with Crippen LogP contribution in [0.3, 0.4) is 0 Å². The molecule has 0 heterocycles. The third-order valence-corrected chi connectivity index (χ3v) is 11.8. The summed E-state index contributed by atoms with van der Waals surface area (Å²) in [6.07, 6.45) is 4.03. The summed E-state index contributed by atoms with van der Waals surface area (Å²) in [5, 5.41) is 31.5. The predicted molar refractivity (Wildman–Crippen MR) is 246 cm³/mol. The SMILES string of the molecule is CC(=O)OB(OC(C)=O)OC(C)=O.CSc1ccc(Oc2ccc(S(N)(=O)=O)cc2CN(C)CCO)cc1C.CSc1ccc(Oc2ccc(S(N)(=O)=O)cc2CNCCO)cc1C.[H-].[Na+]. The van der Waals surface area contributed by atoms with Gasteiger partial charge in [-0.15, -0.1) is 23.5 Å². The van der Waals surface area contributed by atoms with Crippen molar-refractivity contribution in [2.45, 2.75) is 67.3 Å². The summed E-state index contributed by atoms with van der Waals surface area (Å²) >= 11 is 3.33. The number of likely N-dealkylation sites (N-methyl/N-ethyl adjacent to an activating group) is 1. The second-order valence-corrected chi connectivity index (χ2v) is 18.4. The molecule has 4 rings (SSSR count). The molecular formula is C41H56BN4NaO14S4. The monoisotopic (exact) mass is 990 g/mol. The fraction of sp³-hybridized carbons (Fsp3) is 0.341. The Morgan fingerprint density at radius 3 is 1.46 bits per heavy atom. The summed E-state index contributed by atoms with van der Waals surface area (Å²) in [6, 6.07) is 20.7. The zero-order valence-electron chi connectivity index (χ0n) is 38.8. The molecule has 0 aliphatic heterocycles. The number of aliphatic hydroxyl groups excluding tert-OH is 2. The molecule has 0 bridgehead atoms. The van der Waals surface area contributed by atoms with Crippen LogP contribution in [0.15, 0.2) is 92.4 Å². The minimum Gasteiger partial charge on any atom is -1.00 e. The van der Waals surface area contributed by atoms with Crippen LogP contribution >= 0.6 is 23.5 Å². The molecule has 0 saturated carbocycles. The van der Waals surface area contributed by atoms with E-state index in [1.807, 2.05) is 74.7 Å². The van der Waals surface area contributed by atoms with Crippen molar-refractivity contribution in [3.63, 3.8) is 0 Å². The van der Waals surface area contributed by atoms with Gasteiger partial charge in [-0.1, -0.05) is 0 Å². The Balaban J connectivity index is 0.000000998. The van der Waals surface area contributed by atoms with E-state index < -0.39 is 45.3 Å². The van der Waals surface area contributed by atoms with Gasteiger partial charge in [0.1, 0.15) is 23.0 Å². The molecule has 0 aromatic heterocycles. The third-order valence-electron chi connectivity index (χ3n) is 8.22. The molecule has 4 aromatic rings.